The van der Waals surface area contributed by atoms with E-state index < -0.39 is 151 Å². The van der Waals surface area contributed by atoms with Crippen LogP contribution < -0.4 is 10.2 Å². The summed E-state index contributed by atoms with van der Waals surface area (Å²) in [5, 5.41) is 135. The van der Waals surface area contributed by atoms with Gasteiger partial charge in [0.25, 0.3) is 0 Å². The van der Waals surface area contributed by atoms with Gasteiger partial charge in [0.05, 0.1) is 19.3 Å². The summed E-state index contributed by atoms with van der Waals surface area (Å²) in [4.78, 5) is 14.1. The second-order valence-corrected chi connectivity index (χ2v) is 13.1. The molecule has 3 aliphatic heterocycles. The summed E-state index contributed by atoms with van der Waals surface area (Å²) < 4.78 is 39.8. The highest BCUT2D eigenvalue weighted by Gasteiger charge is 2.52. The van der Waals surface area contributed by atoms with Gasteiger partial charge in [-0.1, -0.05) is 0 Å². The van der Waals surface area contributed by atoms with Crippen molar-refractivity contribution in [1.29, 1.82) is 0 Å². The molecular formula is C33H40O21. The number of phenols is 4. The second-order valence-electron chi connectivity index (χ2n) is 13.1. The first-order valence-electron chi connectivity index (χ1n) is 16.5. The zero-order valence-electron chi connectivity index (χ0n) is 28.0. The fourth-order valence-electron chi connectivity index (χ4n) is 6.30. The van der Waals surface area contributed by atoms with Crippen molar-refractivity contribution in [3.8, 4) is 40.1 Å². The summed E-state index contributed by atoms with van der Waals surface area (Å²) in [6.07, 6.45) is -26.6. The third kappa shape index (κ3) is 7.39. The summed E-state index contributed by atoms with van der Waals surface area (Å²) in [5.41, 5.74) is -1.62. The quantitative estimate of drug-likeness (QED) is 0.0925. The monoisotopic (exact) mass is 772 g/mol. The van der Waals surface area contributed by atoms with Gasteiger partial charge in [-0.15, -0.1) is 0 Å². The number of hydrogen-bond donors (Lipinski definition) is 13. The molecule has 0 unspecified atom stereocenters. The van der Waals surface area contributed by atoms with Crippen LogP contribution in [0.3, 0.4) is 0 Å². The molecule has 298 valence electrons. The highest BCUT2D eigenvalue weighted by Crippen LogP contribution is 2.40. The van der Waals surface area contributed by atoms with Crippen molar-refractivity contribution in [2.75, 3.05) is 13.2 Å². The fraction of sp³-hybridized carbons (Fsp3) is 0.545. The van der Waals surface area contributed by atoms with Crippen LogP contribution in [0.25, 0.3) is 22.3 Å². The van der Waals surface area contributed by atoms with Crippen LogP contribution in [0.4, 0.5) is 0 Å². The standard InChI is InChI=1S/C33H40O21/c1-9-19(39)23(43)26(46)31(49-9)48-8-17-21(41)25(45)30(54-32-27(47)24(44)20(40)16(7-34)51-32)33(52-17)53-29-22(42)18-14(38)5-11(35)6-15(18)50-28(29)10-2-3-12(36)13(37)4-10/h2-6,9,16-17,19-21,23-27,30-41,43-47H,7-8H2,1H3/t9-,16-,17-,19-,20+,21+,23-,24-,25+,26+,27+,30-,31+,32-,33-/m0/s1. The molecule has 13 N–H and O–H groups in total. The predicted octanol–water partition coefficient (Wildman–Crippen LogP) is -3.86. The molecule has 2 aromatic carbocycles. The number of aliphatic hydroxyl groups excluding tert-OH is 9. The summed E-state index contributed by atoms with van der Waals surface area (Å²) in [5.74, 6) is -3.82. The van der Waals surface area contributed by atoms with Gasteiger partial charge < -0.3 is 99.2 Å². The van der Waals surface area contributed by atoms with Crippen molar-refractivity contribution in [2.45, 2.75) is 99.0 Å². The predicted molar refractivity (Wildman–Crippen MR) is 173 cm³/mol. The first kappa shape index (κ1) is 39.8. The van der Waals surface area contributed by atoms with Crippen LogP contribution in [0, 0.1) is 0 Å². The van der Waals surface area contributed by atoms with Gasteiger partial charge in [-0.3, -0.25) is 4.79 Å². The van der Waals surface area contributed by atoms with Gasteiger partial charge in [0.1, 0.15) is 83.5 Å². The number of aliphatic hydroxyl groups is 9. The average Bonchev–Trinajstić information content (AvgIpc) is 3.13. The SMILES string of the molecule is C[C@@H]1O[C@@H](OC[C@@H]2O[C@@H](Oc3c(-c4ccc(O)c(O)c4)oc4cc(O)cc(O)c4c3=O)[C@@H](O[C@@H]3O[C@@H](CO)[C@@H](O)[C@H](O)[C@H]3O)[C@H](O)[C@@H]2O)[C@H](O)[C@@H](O)[C@H]1O. The van der Waals surface area contributed by atoms with Crippen LogP contribution >= 0.6 is 0 Å². The molecule has 15 atom stereocenters. The van der Waals surface area contributed by atoms with E-state index in [4.69, 9.17) is 32.8 Å². The van der Waals surface area contributed by atoms with Crippen LogP contribution in [0.2, 0.25) is 0 Å². The number of rotatable bonds is 9. The normalized spacial score (nSPS) is 37.3. The number of fused-ring (bicyclic) bond motifs is 1. The Hall–Kier alpha value is -3.91. The van der Waals surface area contributed by atoms with Crippen molar-refractivity contribution >= 4 is 11.0 Å². The molecule has 0 amide bonds. The van der Waals surface area contributed by atoms with Gasteiger partial charge in [-0.25, -0.2) is 0 Å². The first-order chi connectivity index (χ1) is 25.5. The molecule has 1 aromatic heterocycles. The second kappa shape index (κ2) is 15.7. The molecule has 0 saturated carbocycles. The Morgan fingerprint density at radius 2 is 1.31 bits per heavy atom. The van der Waals surface area contributed by atoms with Crippen molar-refractivity contribution in [3.63, 3.8) is 0 Å². The van der Waals surface area contributed by atoms with Crippen LogP contribution in [0.5, 0.6) is 28.7 Å². The van der Waals surface area contributed by atoms with Crippen molar-refractivity contribution in [2.24, 2.45) is 0 Å². The molecule has 6 rings (SSSR count). The largest absolute Gasteiger partial charge is 0.508 e. The molecule has 21 heteroatoms. The number of benzene rings is 2. The molecule has 4 heterocycles. The van der Waals surface area contributed by atoms with Crippen LogP contribution in [0.1, 0.15) is 6.92 Å². The lowest BCUT2D eigenvalue weighted by Crippen LogP contribution is -2.65. The molecule has 21 nitrogen and oxygen atoms in total. The Morgan fingerprint density at radius 1 is 0.667 bits per heavy atom. The number of hydrogen-bond acceptors (Lipinski definition) is 21. The van der Waals surface area contributed by atoms with E-state index in [0.717, 1.165) is 24.3 Å². The molecule has 0 bridgehead atoms. The Bertz CT molecular complexity index is 1850. The summed E-state index contributed by atoms with van der Waals surface area (Å²) in [6, 6.07) is 5.00. The fourth-order valence-corrected chi connectivity index (χ4v) is 6.30. The Kier molecular flexibility index (Phi) is 11.5. The van der Waals surface area contributed by atoms with Crippen molar-refractivity contribution in [3.05, 3.63) is 40.6 Å². The maximum absolute atomic E-state index is 14.1. The lowest BCUT2D eigenvalue weighted by molar-refractivity contribution is -0.362. The molecule has 0 aliphatic carbocycles. The van der Waals surface area contributed by atoms with Gasteiger partial charge in [0.2, 0.25) is 17.5 Å². The summed E-state index contributed by atoms with van der Waals surface area (Å²) in [6.45, 7) is -0.209. The molecule has 0 radical (unpaired) electrons. The highest BCUT2D eigenvalue weighted by molar-refractivity contribution is 5.88. The van der Waals surface area contributed by atoms with Gasteiger partial charge >= 0.3 is 0 Å². The third-order valence-electron chi connectivity index (χ3n) is 9.41. The summed E-state index contributed by atoms with van der Waals surface area (Å²) >= 11 is 0. The van der Waals surface area contributed by atoms with E-state index in [1.165, 1.54) is 13.0 Å². The maximum Gasteiger partial charge on any atom is 0.239 e. The molecule has 3 aliphatic rings. The Balaban J connectivity index is 1.40. The van der Waals surface area contributed by atoms with E-state index in [1.54, 1.807) is 0 Å². The topological polar surface area (TPSA) is 349 Å². The van der Waals surface area contributed by atoms with Crippen LogP contribution in [-0.4, -0.2) is 172 Å². The van der Waals surface area contributed by atoms with E-state index in [0.29, 0.717) is 0 Å². The summed E-state index contributed by atoms with van der Waals surface area (Å²) in [7, 11) is 0. The number of phenolic OH excluding ortho intramolecular Hbond substituents is 4. The molecule has 3 fully saturated rings. The lowest BCUT2D eigenvalue weighted by Gasteiger charge is -2.46. The van der Waals surface area contributed by atoms with Crippen LogP contribution in [0.15, 0.2) is 39.5 Å². The zero-order chi connectivity index (χ0) is 39.3. The van der Waals surface area contributed by atoms with Crippen molar-refractivity contribution in [1.82, 2.24) is 0 Å². The van der Waals surface area contributed by atoms with Gasteiger partial charge in [-0.05, 0) is 25.1 Å². The smallest absolute Gasteiger partial charge is 0.239 e. The first-order valence-corrected chi connectivity index (χ1v) is 16.5. The molecule has 54 heavy (non-hydrogen) atoms. The minimum absolute atomic E-state index is 0.122. The third-order valence-corrected chi connectivity index (χ3v) is 9.41. The van der Waals surface area contributed by atoms with E-state index in [1.807, 2.05) is 0 Å². The zero-order valence-corrected chi connectivity index (χ0v) is 28.0. The molecule has 3 saturated heterocycles. The van der Waals surface area contributed by atoms with Gasteiger partial charge in [0, 0.05) is 17.7 Å². The van der Waals surface area contributed by atoms with E-state index >= 15 is 0 Å². The number of aromatic hydroxyl groups is 4. The molecule has 0 spiro atoms. The lowest BCUT2D eigenvalue weighted by atomic mass is 9.97. The Morgan fingerprint density at radius 3 is 2.00 bits per heavy atom. The maximum atomic E-state index is 14.1. The van der Waals surface area contributed by atoms with Crippen LogP contribution in [-0.2, 0) is 23.7 Å². The van der Waals surface area contributed by atoms with Gasteiger partial charge in [0.15, 0.2) is 35.9 Å². The highest BCUT2D eigenvalue weighted by atomic mass is 16.8. The average molecular weight is 773 g/mol. The van der Waals surface area contributed by atoms with E-state index in [2.05, 4.69) is 0 Å². The Labute approximate surface area is 303 Å². The number of ether oxygens (including phenoxy) is 6. The van der Waals surface area contributed by atoms with E-state index in [9.17, 15) is 71.2 Å². The van der Waals surface area contributed by atoms with E-state index in [-0.39, 0.29) is 11.1 Å². The molecule has 3 aromatic rings. The minimum Gasteiger partial charge on any atom is -0.508 e. The minimum atomic E-state index is -2.10. The molecular weight excluding hydrogens is 732 g/mol. The van der Waals surface area contributed by atoms with Gasteiger partial charge in [-0.2, -0.15) is 0 Å². The van der Waals surface area contributed by atoms with Crippen molar-refractivity contribution < 1.29 is 99.2 Å².